The summed E-state index contributed by atoms with van der Waals surface area (Å²) in [4.78, 5) is 8.44. The fourth-order valence-electron chi connectivity index (χ4n) is 5.32. The Hall–Kier alpha value is -2.21. The van der Waals surface area contributed by atoms with Gasteiger partial charge in [0.05, 0.1) is 12.7 Å². The van der Waals surface area contributed by atoms with Crippen LogP contribution in [0, 0.1) is 11.8 Å². The molecule has 2 fully saturated rings. The van der Waals surface area contributed by atoms with Crippen molar-refractivity contribution in [2.45, 2.75) is 31.4 Å². The van der Waals surface area contributed by atoms with Crippen molar-refractivity contribution in [1.29, 1.82) is 0 Å². The molecule has 2 heterocycles. The summed E-state index contributed by atoms with van der Waals surface area (Å²) in [5, 5.41) is 12.7. The van der Waals surface area contributed by atoms with Gasteiger partial charge in [0.1, 0.15) is 10.8 Å². The van der Waals surface area contributed by atoms with E-state index in [-0.39, 0.29) is 0 Å². The molecule has 0 amide bonds. The van der Waals surface area contributed by atoms with E-state index in [1.54, 1.807) is 18.4 Å². The highest BCUT2D eigenvalue weighted by Crippen LogP contribution is 2.48. The summed E-state index contributed by atoms with van der Waals surface area (Å²) in [6.07, 6.45) is 5.19. The Balaban J connectivity index is 1.31. The molecule has 5 heteroatoms. The summed E-state index contributed by atoms with van der Waals surface area (Å²) < 4.78 is 5.35. The van der Waals surface area contributed by atoms with Crippen LogP contribution >= 0.6 is 11.3 Å². The number of ether oxygens (including phenoxy) is 1. The Morgan fingerprint density at radius 2 is 2.03 bits per heavy atom. The van der Waals surface area contributed by atoms with Gasteiger partial charge in [0.2, 0.25) is 0 Å². The third-order valence-electron chi connectivity index (χ3n) is 6.79. The zero-order chi connectivity index (χ0) is 20.6. The highest BCUT2D eigenvalue weighted by molar-refractivity contribution is 7.15. The van der Waals surface area contributed by atoms with Gasteiger partial charge in [-0.1, -0.05) is 42.5 Å². The first-order valence-electron chi connectivity index (χ1n) is 10.7. The Morgan fingerprint density at radius 3 is 2.87 bits per heavy atom. The fourth-order valence-corrected chi connectivity index (χ4v) is 6.27. The fraction of sp³-hybridized carbons (Fsp3) is 0.400. The molecule has 30 heavy (non-hydrogen) atoms. The van der Waals surface area contributed by atoms with Crippen molar-refractivity contribution in [2.24, 2.45) is 11.8 Å². The molecule has 0 unspecified atom stereocenters. The zero-order valence-electron chi connectivity index (χ0n) is 17.3. The zero-order valence-corrected chi connectivity index (χ0v) is 18.1. The molecule has 1 saturated carbocycles. The third kappa shape index (κ3) is 3.66. The summed E-state index contributed by atoms with van der Waals surface area (Å²) in [7, 11) is 1.69. The van der Waals surface area contributed by atoms with Crippen LogP contribution < -0.4 is 4.74 Å². The summed E-state index contributed by atoms with van der Waals surface area (Å²) in [6, 6.07) is 18.4. The Bertz CT molecular complexity index is 1010. The van der Waals surface area contributed by atoms with Crippen molar-refractivity contribution in [3.05, 3.63) is 71.2 Å². The Kier molecular flexibility index (Phi) is 5.35. The lowest BCUT2D eigenvalue weighted by molar-refractivity contribution is -0.0648. The van der Waals surface area contributed by atoms with Crippen LogP contribution in [0.2, 0.25) is 0 Å². The van der Waals surface area contributed by atoms with E-state index >= 15 is 0 Å². The number of aromatic nitrogens is 1. The molecule has 0 bridgehead atoms. The number of rotatable bonds is 5. The lowest BCUT2D eigenvalue weighted by Crippen LogP contribution is -2.42. The topological polar surface area (TPSA) is 45.6 Å². The normalized spacial score (nSPS) is 26.5. The van der Waals surface area contributed by atoms with E-state index in [1.165, 1.54) is 11.3 Å². The highest BCUT2D eigenvalue weighted by Gasteiger charge is 2.49. The molecular formula is C25H28N2O2S. The average molecular weight is 421 g/mol. The van der Waals surface area contributed by atoms with Crippen LogP contribution in [0.1, 0.15) is 29.7 Å². The maximum atomic E-state index is 11.7. The quantitative estimate of drug-likeness (QED) is 0.635. The van der Waals surface area contributed by atoms with Crippen molar-refractivity contribution in [3.8, 4) is 16.3 Å². The van der Waals surface area contributed by atoms with Gasteiger partial charge >= 0.3 is 0 Å². The summed E-state index contributed by atoms with van der Waals surface area (Å²) in [5.74, 6) is 1.72. The lowest BCUT2D eigenvalue weighted by Gasteiger charge is -2.41. The number of benzene rings is 2. The summed E-state index contributed by atoms with van der Waals surface area (Å²) >= 11 is 1.75. The van der Waals surface area contributed by atoms with Crippen molar-refractivity contribution in [2.75, 3.05) is 20.2 Å². The molecule has 0 spiro atoms. The van der Waals surface area contributed by atoms with Crippen molar-refractivity contribution in [3.63, 3.8) is 0 Å². The second kappa shape index (κ2) is 8.14. The van der Waals surface area contributed by atoms with E-state index in [1.807, 2.05) is 42.6 Å². The van der Waals surface area contributed by atoms with Gasteiger partial charge in [-0.3, -0.25) is 4.90 Å². The van der Waals surface area contributed by atoms with Crippen LogP contribution in [-0.2, 0) is 12.1 Å². The van der Waals surface area contributed by atoms with E-state index in [4.69, 9.17) is 4.74 Å². The number of hydrogen-bond acceptors (Lipinski definition) is 5. The molecule has 4 nitrogen and oxygen atoms in total. The molecule has 3 atom stereocenters. The lowest BCUT2D eigenvalue weighted by atomic mass is 9.67. The van der Waals surface area contributed by atoms with Crippen molar-refractivity contribution >= 4 is 11.3 Å². The maximum absolute atomic E-state index is 11.7. The van der Waals surface area contributed by atoms with Gasteiger partial charge in [-0.05, 0) is 42.9 Å². The molecule has 1 aliphatic heterocycles. The van der Waals surface area contributed by atoms with Gasteiger partial charge in [-0.2, -0.15) is 0 Å². The molecule has 1 N–H and O–H groups in total. The van der Waals surface area contributed by atoms with Gasteiger partial charge < -0.3 is 9.84 Å². The molecule has 1 aromatic heterocycles. The number of thiazole rings is 1. The SMILES string of the molecule is COc1cccc(-c2ncc(CN3C[C@H]4CCC[C@](O)(c5ccccc5)[C@H]4C3)s2)c1. The molecule has 5 rings (SSSR count). The second-order valence-corrected chi connectivity index (χ2v) is 9.72. The number of hydrogen-bond donors (Lipinski definition) is 1. The van der Waals surface area contributed by atoms with E-state index in [0.717, 1.165) is 54.4 Å². The average Bonchev–Trinajstić information content (AvgIpc) is 3.42. The number of likely N-dealkylation sites (tertiary alicyclic amines) is 1. The number of nitrogens with zero attached hydrogens (tertiary/aromatic N) is 2. The smallest absolute Gasteiger partial charge is 0.123 e. The Morgan fingerprint density at radius 1 is 1.17 bits per heavy atom. The van der Waals surface area contributed by atoms with Crippen LogP contribution in [0.3, 0.4) is 0 Å². The largest absolute Gasteiger partial charge is 0.497 e. The minimum Gasteiger partial charge on any atom is -0.497 e. The van der Waals surface area contributed by atoms with Crippen LogP contribution in [-0.4, -0.2) is 35.2 Å². The standard InChI is InChI=1S/C25H28N2O2S/c1-29-21-11-5-7-18(13-21)24-26-14-22(30-24)16-27-15-19-8-6-12-25(28,23(19)17-27)20-9-3-2-4-10-20/h2-5,7,9-11,13-14,19,23,28H,6,8,12,15-17H2,1H3/t19-,23+,25+/m1/s1. The first-order valence-corrected chi connectivity index (χ1v) is 11.6. The molecule has 0 radical (unpaired) electrons. The van der Waals surface area contributed by atoms with Crippen LogP contribution in [0.5, 0.6) is 5.75 Å². The Labute approximate surface area is 182 Å². The van der Waals surface area contributed by atoms with E-state index < -0.39 is 5.60 Å². The predicted molar refractivity (Wildman–Crippen MR) is 121 cm³/mol. The molecule has 156 valence electrons. The van der Waals surface area contributed by atoms with Crippen LogP contribution in [0.25, 0.3) is 10.6 Å². The number of aliphatic hydroxyl groups is 1. The second-order valence-electron chi connectivity index (χ2n) is 8.61. The van der Waals surface area contributed by atoms with Crippen molar-refractivity contribution < 1.29 is 9.84 Å². The van der Waals surface area contributed by atoms with Crippen LogP contribution in [0.15, 0.2) is 60.8 Å². The molecule has 1 saturated heterocycles. The number of methoxy groups -OCH3 is 1. The maximum Gasteiger partial charge on any atom is 0.123 e. The third-order valence-corrected chi connectivity index (χ3v) is 7.82. The minimum atomic E-state index is -0.696. The first kappa shape index (κ1) is 19.7. The highest BCUT2D eigenvalue weighted by atomic mass is 32.1. The first-order chi connectivity index (χ1) is 14.7. The predicted octanol–water partition coefficient (Wildman–Crippen LogP) is 4.94. The van der Waals surface area contributed by atoms with Gasteiger partial charge in [0.15, 0.2) is 0 Å². The molecule has 2 aliphatic rings. The molecule has 2 aromatic carbocycles. The van der Waals surface area contributed by atoms with E-state index in [2.05, 4.69) is 28.1 Å². The molecule has 1 aliphatic carbocycles. The summed E-state index contributed by atoms with van der Waals surface area (Å²) in [6.45, 7) is 2.91. The van der Waals surface area contributed by atoms with E-state index in [9.17, 15) is 5.11 Å². The molecule has 3 aromatic rings. The monoisotopic (exact) mass is 420 g/mol. The summed E-state index contributed by atoms with van der Waals surface area (Å²) in [5.41, 5.74) is 1.48. The molecular weight excluding hydrogens is 392 g/mol. The number of fused-ring (bicyclic) bond motifs is 1. The van der Waals surface area contributed by atoms with Crippen molar-refractivity contribution in [1.82, 2.24) is 9.88 Å². The minimum absolute atomic E-state index is 0.305. The van der Waals surface area contributed by atoms with Gasteiger partial charge in [-0.15, -0.1) is 11.3 Å². The van der Waals surface area contributed by atoms with Gasteiger partial charge in [-0.25, -0.2) is 4.98 Å². The van der Waals surface area contributed by atoms with Gasteiger partial charge in [0, 0.05) is 42.2 Å². The van der Waals surface area contributed by atoms with Gasteiger partial charge in [0.25, 0.3) is 0 Å². The van der Waals surface area contributed by atoms with Crippen LogP contribution in [0.4, 0.5) is 0 Å². The van der Waals surface area contributed by atoms with E-state index in [0.29, 0.717) is 11.8 Å².